The highest BCUT2D eigenvalue weighted by molar-refractivity contribution is 6.19. The molecule has 1 fully saturated rings. The molecule has 92 valence electrons. The van der Waals surface area contributed by atoms with Gasteiger partial charge in [0.25, 0.3) is 5.91 Å². The van der Waals surface area contributed by atoms with E-state index in [0.717, 1.165) is 12.8 Å². The van der Waals surface area contributed by atoms with Crippen molar-refractivity contribution in [3.05, 3.63) is 23.8 Å². The zero-order valence-corrected chi connectivity index (χ0v) is 10.3. The van der Waals surface area contributed by atoms with E-state index in [1.807, 2.05) is 0 Å². The van der Waals surface area contributed by atoms with Crippen LogP contribution in [0.3, 0.4) is 0 Å². The largest absolute Gasteiger partial charge is 0.507 e. The summed E-state index contributed by atoms with van der Waals surface area (Å²) >= 11 is 5.78. The number of alkyl halides is 1. The highest BCUT2D eigenvalue weighted by atomic mass is 35.5. The standard InChI is InChI=1S/C12H14ClNO3/c1-17-8-2-3-9(10(15)6-8)11(16)14-12(7-13)4-5-12/h2-3,6,15H,4-5,7H2,1H3,(H,14,16). The lowest BCUT2D eigenvalue weighted by Crippen LogP contribution is -2.38. The number of nitrogens with one attached hydrogen (secondary N) is 1. The van der Waals surface area contributed by atoms with Gasteiger partial charge in [-0.2, -0.15) is 0 Å². The Morgan fingerprint density at radius 3 is 2.76 bits per heavy atom. The van der Waals surface area contributed by atoms with E-state index in [0.29, 0.717) is 11.6 Å². The van der Waals surface area contributed by atoms with Crippen molar-refractivity contribution in [3.8, 4) is 11.5 Å². The molecule has 0 spiro atoms. The highest BCUT2D eigenvalue weighted by Crippen LogP contribution is 2.37. The van der Waals surface area contributed by atoms with Gasteiger partial charge in [0.15, 0.2) is 0 Å². The maximum atomic E-state index is 11.9. The predicted molar refractivity (Wildman–Crippen MR) is 64.8 cm³/mol. The van der Waals surface area contributed by atoms with Crippen LogP contribution in [0, 0.1) is 0 Å². The Morgan fingerprint density at radius 1 is 1.59 bits per heavy atom. The third kappa shape index (κ3) is 2.47. The predicted octanol–water partition coefficient (Wildman–Crippen LogP) is 1.90. The molecule has 1 saturated carbocycles. The first kappa shape index (κ1) is 12.0. The summed E-state index contributed by atoms with van der Waals surface area (Å²) < 4.78 is 4.95. The van der Waals surface area contributed by atoms with Gasteiger partial charge in [-0.25, -0.2) is 0 Å². The lowest BCUT2D eigenvalue weighted by atomic mass is 10.1. The van der Waals surface area contributed by atoms with Gasteiger partial charge >= 0.3 is 0 Å². The van der Waals surface area contributed by atoms with Crippen LogP contribution >= 0.6 is 11.6 Å². The number of hydrogen-bond acceptors (Lipinski definition) is 3. The summed E-state index contributed by atoms with van der Waals surface area (Å²) in [5, 5.41) is 12.5. The molecule has 1 aliphatic rings. The molecule has 0 aromatic heterocycles. The molecular weight excluding hydrogens is 242 g/mol. The molecular formula is C12H14ClNO3. The number of aromatic hydroxyl groups is 1. The summed E-state index contributed by atoms with van der Waals surface area (Å²) in [6.07, 6.45) is 1.78. The average Bonchev–Trinajstić information content (AvgIpc) is 3.09. The second-order valence-electron chi connectivity index (χ2n) is 4.25. The summed E-state index contributed by atoms with van der Waals surface area (Å²) in [6, 6.07) is 4.58. The molecule has 17 heavy (non-hydrogen) atoms. The first-order valence-electron chi connectivity index (χ1n) is 5.36. The second-order valence-corrected chi connectivity index (χ2v) is 4.52. The van der Waals surface area contributed by atoms with Crippen LogP contribution in [0.2, 0.25) is 0 Å². The molecule has 0 atom stereocenters. The number of rotatable bonds is 4. The molecule has 0 radical (unpaired) electrons. The minimum Gasteiger partial charge on any atom is -0.507 e. The van der Waals surface area contributed by atoms with Gasteiger partial charge in [-0.15, -0.1) is 11.6 Å². The van der Waals surface area contributed by atoms with Crippen LogP contribution in [0.25, 0.3) is 0 Å². The minimum atomic E-state index is -0.302. The number of phenols is 1. The summed E-state index contributed by atoms with van der Waals surface area (Å²) in [6.45, 7) is 0. The Balaban J connectivity index is 2.14. The van der Waals surface area contributed by atoms with Crippen LogP contribution in [-0.2, 0) is 0 Å². The van der Waals surface area contributed by atoms with E-state index in [4.69, 9.17) is 16.3 Å². The van der Waals surface area contributed by atoms with Crippen molar-refractivity contribution in [2.75, 3.05) is 13.0 Å². The number of ether oxygens (including phenoxy) is 1. The lowest BCUT2D eigenvalue weighted by molar-refractivity contribution is 0.0933. The average molecular weight is 256 g/mol. The molecule has 1 aromatic carbocycles. The Hall–Kier alpha value is -1.42. The molecule has 0 unspecified atom stereocenters. The summed E-state index contributed by atoms with van der Waals surface area (Å²) in [5.74, 6) is 0.517. The first-order valence-corrected chi connectivity index (χ1v) is 5.89. The van der Waals surface area contributed by atoms with E-state index >= 15 is 0 Å². The van der Waals surface area contributed by atoms with Crippen molar-refractivity contribution in [1.82, 2.24) is 5.32 Å². The third-order valence-electron chi connectivity index (χ3n) is 2.94. The van der Waals surface area contributed by atoms with Crippen LogP contribution < -0.4 is 10.1 Å². The van der Waals surface area contributed by atoms with Crippen LogP contribution in [0.5, 0.6) is 11.5 Å². The fourth-order valence-electron chi connectivity index (χ4n) is 1.58. The van der Waals surface area contributed by atoms with Crippen molar-refractivity contribution in [2.24, 2.45) is 0 Å². The zero-order valence-electron chi connectivity index (χ0n) is 9.50. The number of halogens is 1. The summed E-state index contributed by atoms with van der Waals surface area (Å²) in [7, 11) is 1.50. The Labute approximate surface area is 105 Å². The molecule has 2 N–H and O–H groups in total. The lowest BCUT2D eigenvalue weighted by Gasteiger charge is -2.14. The van der Waals surface area contributed by atoms with Gasteiger partial charge in [0.1, 0.15) is 11.5 Å². The fraction of sp³-hybridized carbons (Fsp3) is 0.417. The van der Waals surface area contributed by atoms with Crippen LogP contribution in [0.4, 0.5) is 0 Å². The molecule has 0 bridgehead atoms. The maximum absolute atomic E-state index is 11.9. The van der Waals surface area contributed by atoms with E-state index in [9.17, 15) is 9.90 Å². The summed E-state index contributed by atoms with van der Waals surface area (Å²) in [5.41, 5.74) is -0.0347. The molecule has 0 heterocycles. The first-order chi connectivity index (χ1) is 8.10. The van der Waals surface area contributed by atoms with E-state index in [2.05, 4.69) is 5.32 Å². The van der Waals surface area contributed by atoms with Gasteiger partial charge in [0.2, 0.25) is 0 Å². The Kier molecular flexibility index (Phi) is 3.15. The van der Waals surface area contributed by atoms with Crippen LogP contribution in [0.15, 0.2) is 18.2 Å². The second kappa shape index (κ2) is 4.45. The quantitative estimate of drug-likeness (QED) is 0.808. The Morgan fingerprint density at radius 2 is 2.29 bits per heavy atom. The third-order valence-corrected chi connectivity index (χ3v) is 3.45. The number of carbonyl (C=O) groups excluding carboxylic acids is 1. The van der Waals surface area contributed by atoms with E-state index in [1.54, 1.807) is 6.07 Å². The highest BCUT2D eigenvalue weighted by Gasteiger charge is 2.43. The normalized spacial score (nSPS) is 16.4. The van der Waals surface area contributed by atoms with Crippen molar-refractivity contribution in [3.63, 3.8) is 0 Å². The van der Waals surface area contributed by atoms with Gasteiger partial charge in [0, 0.05) is 11.9 Å². The monoisotopic (exact) mass is 255 g/mol. The van der Waals surface area contributed by atoms with E-state index in [-0.39, 0.29) is 22.8 Å². The smallest absolute Gasteiger partial charge is 0.255 e. The van der Waals surface area contributed by atoms with Crippen molar-refractivity contribution in [1.29, 1.82) is 0 Å². The topological polar surface area (TPSA) is 58.6 Å². The van der Waals surface area contributed by atoms with Crippen molar-refractivity contribution in [2.45, 2.75) is 18.4 Å². The number of amides is 1. The van der Waals surface area contributed by atoms with Gasteiger partial charge in [-0.05, 0) is 25.0 Å². The molecule has 2 rings (SSSR count). The molecule has 1 aromatic rings. The van der Waals surface area contributed by atoms with Gasteiger partial charge < -0.3 is 15.2 Å². The van der Waals surface area contributed by atoms with Crippen molar-refractivity contribution < 1.29 is 14.6 Å². The molecule has 4 nitrogen and oxygen atoms in total. The molecule has 1 amide bonds. The minimum absolute atomic E-state index is 0.0905. The number of methoxy groups -OCH3 is 1. The molecule has 0 saturated heterocycles. The molecule has 5 heteroatoms. The number of phenolic OH excluding ortho intramolecular Hbond substituents is 1. The molecule has 0 aliphatic heterocycles. The number of benzene rings is 1. The van der Waals surface area contributed by atoms with Gasteiger partial charge in [0.05, 0.1) is 18.2 Å². The zero-order chi connectivity index (χ0) is 12.5. The number of hydrogen-bond donors (Lipinski definition) is 2. The van der Waals surface area contributed by atoms with Crippen LogP contribution in [0.1, 0.15) is 23.2 Å². The van der Waals surface area contributed by atoms with Crippen LogP contribution in [-0.4, -0.2) is 29.5 Å². The summed E-state index contributed by atoms with van der Waals surface area (Å²) in [4.78, 5) is 11.9. The maximum Gasteiger partial charge on any atom is 0.255 e. The molecule has 1 aliphatic carbocycles. The SMILES string of the molecule is COc1ccc(C(=O)NC2(CCl)CC2)c(O)c1. The van der Waals surface area contributed by atoms with Crippen molar-refractivity contribution >= 4 is 17.5 Å². The van der Waals surface area contributed by atoms with Gasteiger partial charge in [-0.1, -0.05) is 0 Å². The van der Waals surface area contributed by atoms with E-state index in [1.165, 1.54) is 19.2 Å². The Bertz CT molecular complexity index is 443. The van der Waals surface area contributed by atoms with E-state index < -0.39 is 0 Å². The van der Waals surface area contributed by atoms with Gasteiger partial charge in [-0.3, -0.25) is 4.79 Å². The fourth-order valence-corrected chi connectivity index (χ4v) is 1.92. The number of carbonyl (C=O) groups is 1.